The lowest BCUT2D eigenvalue weighted by atomic mass is 9.81. The van der Waals surface area contributed by atoms with Crippen LogP contribution in [0.5, 0.6) is 11.5 Å². The number of nitrogens with one attached hydrogen (secondary N) is 1. The molecule has 1 aliphatic rings. The van der Waals surface area contributed by atoms with Crippen LogP contribution in [0.3, 0.4) is 0 Å². The lowest BCUT2D eigenvalue weighted by molar-refractivity contribution is -0.124. The summed E-state index contributed by atoms with van der Waals surface area (Å²) in [5, 5.41) is 3.21. The number of rotatable bonds is 7. The number of hydrogen-bond donors (Lipinski definition) is 1. The van der Waals surface area contributed by atoms with Crippen molar-refractivity contribution >= 4 is 5.91 Å². The van der Waals surface area contributed by atoms with Crippen molar-refractivity contribution in [1.29, 1.82) is 0 Å². The summed E-state index contributed by atoms with van der Waals surface area (Å²) in [6, 6.07) is 17.7. The van der Waals surface area contributed by atoms with Gasteiger partial charge in [-0.25, -0.2) is 0 Å². The Bertz CT molecular complexity index is 696. The molecule has 1 fully saturated rings. The van der Waals surface area contributed by atoms with Crippen molar-refractivity contribution in [3.05, 3.63) is 60.2 Å². The molecule has 1 saturated carbocycles. The molecule has 2 aromatic carbocycles. The second-order valence-electron chi connectivity index (χ2n) is 6.79. The predicted molar refractivity (Wildman–Crippen MR) is 102 cm³/mol. The van der Waals surface area contributed by atoms with Gasteiger partial charge in [0.15, 0.2) is 18.1 Å². The van der Waals surface area contributed by atoms with Gasteiger partial charge in [0.05, 0.1) is 13.2 Å². The minimum absolute atomic E-state index is 0.0174. The number of carbonyl (C=O) groups is 1. The highest BCUT2D eigenvalue weighted by Gasteiger charge is 2.26. The van der Waals surface area contributed by atoms with Crippen molar-refractivity contribution in [2.24, 2.45) is 5.92 Å². The van der Waals surface area contributed by atoms with Crippen LogP contribution < -0.4 is 14.8 Å². The van der Waals surface area contributed by atoms with E-state index in [-0.39, 0.29) is 18.6 Å². The molecule has 1 N–H and O–H groups in total. The largest absolute Gasteiger partial charge is 0.493 e. The topological polar surface area (TPSA) is 47.6 Å². The standard InChI is InChI=1S/C22H27NO3/c1-25-19-14-8-9-15-20(19)26-16-21(24)23-22(17-10-4-2-5-11-17)18-12-6-3-7-13-18/h2,4-5,8-11,14-15,18,22H,3,6-7,12-13,16H2,1H3,(H,23,24). The van der Waals surface area contributed by atoms with Crippen LogP contribution in [0, 0.1) is 5.92 Å². The number of benzene rings is 2. The van der Waals surface area contributed by atoms with Gasteiger partial charge in [-0.3, -0.25) is 4.79 Å². The summed E-state index contributed by atoms with van der Waals surface area (Å²) in [5.74, 6) is 1.60. The third-order valence-corrected chi connectivity index (χ3v) is 5.02. The monoisotopic (exact) mass is 353 g/mol. The van der Waals surface area contributed by atoms with Crippen LogP contribution in [0.4, 0.5) is 0 Å². The van der Waals surface area contributed by atoms with Gasteiger partial charge >= 0.3 is 0 Å². The normalized spacial score (nSPS) is 15.9. The van der Waals surface area contributed by atoms with E-state index in [1.807, 2.05) is 42.5 Å². The molecule has 0 heterocycles. The summed E-state index contributed by atoms with van der Waals surface area (Å²) >= 11 is 0. The van der Waals surface area contributed by atoms with Crippen LogP contribution in [0.1, 0.15) is 43.7 Å². The molecule has 0 saturated heterocycles. The first kappa shape index (κ1) is 18.3. The maximum atomic E-state index is 12.6. The Morgan fingerprint density at radius 1 is 1.00 bits per heavy atom. The van der Waals surface area contributed by atoms with Crippen LogP contribution in [0.2, 0.25) is 0 Å². The van der Waals surface area contributed by atoms with Gasteiger partial charge in [0, 0.05) is 0 Å². The van der Waals surface area contributed by atoms with Crippen molar-refractivity contribution in [2.75, 3.05) is 13.7 Å². The number of hydrogen-bond acceptors (Lipinski definition) is 3. The van der Waals surface area contributed by atoms with Crippen molar-refractivity contribution in [3.63, 3.8) is 0 Å². The molecule has 1 atom stereocenters. The lowest BCUT2D eigenvalue weighted by Crippen LogP contribution is -2.37. The molecule has 0 aliphatic heterocycles. The van der Waals surface area contributed by atoms with E-state index >= 15 is 0 Å². The zero-order valence-electron chi connectivity index (χ0n) is 15.3. The van der Waals surface area contributed by atoms with E-state index in [4.69, 9.17) is 9.47 Å². The molecule has 0 bridgehead atoms. The molecule has 1 aliphatic carbocycles. The Balaban J connectivity index is 1.65. The smallest absolute Gasteiger partial charge is 0.258 e. The molecule has 1 amide bonds. The minimum Gasteiger partial charge on any atom is -0.493 e. The number of para-hydroxylation sites is 2. The first-order valence-corrected chi connectivity index (χ1v) is 9.38. The highest BCUT2D eigenvalue weighted by atomic mass is 16.5. The van der Waals surface area contributed by atoms with Crippen LogP contribution in [0.25, 0.3) is 0 Å². The number of methoxy groups -OCH3 is 1. The van der Waals surface area contributed by atoms with Gasteiger partial charge in [-0.2, -0.15) is 0 Å². The minimum atomic E-state index is -0.102. The Hall–Kier alpha value is -2.49. The Morgan fingerprint density at radius 3 is 2.35 bits per heavy atom. The average Bonchev–Trinajstić information content (AvgIpc) is 2.72. The second-order valence-corrected chi connectivity index (χ2v) is 6.79. The van der Waals surface area contributed by atoms with Gasteiger partial charge in [-0.05, 0) is 36.5 Å². The van der Waals surface area contributed by atoms with E-state index in [9.17, 15) is 4.79 Å². The van der Waals surface area contributed by atoms with Crippen LogP contribution in [-0.2, 0) is 4.79 Å². The maximum absolute atomic E-state index is 12.6. The number of carbonyl (C=O) groups excluding carboxylic acids is 1. The van der Waals surface area contributed by atoms with Crippen molar-refractivity contribution in [1.82, 2.24) is 5.32 Å². The summed E-state index contributed by atoms with van der Waals surface area (Å²) in [5.41, 5.74) is 1.17. The highest BCUT2D eigenvalue weighted by Crippen LogP contribution is 2.34. The highest BCUT2D eigenvalue weighted by molar-refractivity contribution is 5.78. The van der Waals surface area contributed by atoms with Crippen LogP contribution in [-0.4, -0.2) is 19.6 Å². The van der Waals surface area contributed by atoms with Gasteiger partial charge < -0.3 is 14.8 Å². The zero-order valence-corrected chi connectivity index (χ0v) is 15.3. The number of amides is 1. The van der Waals surface area contributed by atoms with Crippen LogP contribution in [0.15, 0.2) is 54.6 Å². The molecule has 1 unspecified atom stereocenters. The fourth-order valence-electron chi connectivity index (χ4n) is 3.70. The van der Waals surface area contributed by atoms with Gasteiger partial charge in [-0.15, -0.1) is 0 Å². The molecule has 138 valence electrons. The summed E-state index contributed by atoms with van der Waals surface area (Å²) in [4.78, 5) is 12.6. The molecule has 0 aromatic heterocycles. The van der Waals surface area contributed by atoms with Crippen molar-refractivity contribution in [2.45, 2.75) is 38.1 Å². The molecule has 3 rings (SSSR count). The first-order valence-electron chi connectivity index (χ1n) is 9.38. The SMILES string of the molecule is COc1ccccc1OCC(=O)NC(c1ccccc1)C1CCCCC1. The van der Waals surface area contributed by atoms with Gasteiger partial charge in [-0.1, -0.05) is 61.7 Å². The molecular weight excluding hydrogens is 326 g/mol. The molecular formula is C22H27NO3. The predicted octanol–water partition coefficient (Wildman–Crippen LogP) is 4.51. The third-order valence-electron chi connectivity index (χ3n) is 5.02. The second kappa shape index (κ2) is 9.27. The molecule has 2 aromatic rings. The van der Waals surface area contributed by atoms with Crippen molar-refractivity contribution in [3.8, 4) is 11.5 Å². The van der Waals surface area contributed by atoms with E-state index in [0.717, 1.165) is 12.8 Å². The molecule has 0 spiro atoms. The Morgan fingerprint density at radius 2 is 1.65 bits per heavy atom. The Kier molecular flexibility index (Phi) is 6.53. The van der Waals surface area contributed by atoms with Gasteiger partial charge in [0.1, 0.15) is 0 Å². The van der Waals surface area contributed by atoms with E-state index in [0.29, 0.717) is 17.4 Å². The maximum Gasteiger partial charge on any atom is 0.258 e. The zero-order chi connectivity index (χ0) is 18.2. The third kappa shape index (κ3) is 4.78. The summed E-state index contributed by atoms with van der Waals surface area (Å²) < 4.78 is 10.9. The fraction of sp³-hybridized carbons (Fsp3) is 0.409. The van der Waals surface area contributed by atoms with E-state index < -0.39 is 0 Å². The lowest BCUT2D eigenvalue weighted by Gasteiger charge is -2.31. The summed E-state index contributed by atoms with van der Waals surface area (Å²) in [6.45, 7) is -0.0174. The molecule has 0 radical (unpaired) electrons. The van der Waals surface area contributed by atoms with Gasteiger partial charge in [0.25, 0.3) is 5.91 Å². The molecule has 4 heteroatoms. The van der Waals surface area contributed by atoms with Crippen LogP contribution >= 0.6 is 0 Å². The summed E-state index contributed by atoms with van der Waals surface area (Å²) in [6.07, 6.45) is 6.09. The Labute approximate surface area is 155 Å². The average molecular weight is 353 g/mol. The molecule has 4 nitrogen and oxygen atoms in total. The quantitative estimate of drug-likeness (QED) is 0.796. The fourth-order valence-corrected chi connectivity index (χ4v) is 3.70. The summed E-state index contributed by atoms with van der Waals surface area (Å²) in [7, 11) is 1.59. The molecule has 26 heavy (non-hydrogen) atoms. The van der Waals surface area contributed by atoms with E-state index in [1.165, 1.54) is 24.8 Å². The van der Waals surface area contributed by atoms with E-state index in [2.05, 4.69) is 17.4 Å². The first-order chi connectivity index (χ1) is 12.8. The van der Waals surface area contributed by atoms with Crippen molar-refractivity contribution < 1.29 is 14.3 Å². The van der Waals surface area contributed by atoms with E-state index in [1.54, 1.807) is 7.11 Å². The number of ether oxygens (including phenoxy) is 2. The van der Waals surface area contributed by atoms with Gasteiger partial charge in [0.2, 0.25) is 0 Å².